The van der Waals surface area contributed by atoms with E-state index in [0.717, 1.165) is 4.31 Å². The third-order valence-electron chi connectivity index (χ3n) is 1.84. The second-order valence-electron chi connectivity index (χ2n) is 3.79. The van der Waals surface area contributed by atoms with Crippen molar-refractivity contribution in [2.45, 2.75) is 24.8 Å². The van der Waals surface area contributed by atoms with Crippen LogP contribution < -0.4 is 4.74 Å². The molecule has 6 heteroatoms. The van der Waals surface area contributed by atoms with Crippen LogP contribution in [-0.4, -0.2) is 37.9 Å². The minimum atomic E-state index is -3.41. The van der Waals surface area contributed by atoms with Gasteiger partial charge in [-0.25, -0.2) is 17.7 Å². The summed E-state index contributed by atoms with van der Waals surface area (Å²) < 4.78 is 29.9. The van der Waals surface area contributed by atoms with Crippen molar-refractivity contribution in [2.75, 3.05) is 14.1 Å². The van der Waals surface area contributed by atoms with Gasteiger partial charge < -0.3 is 4.74 Å². The molecule has 0 saturated heterocycles. The maximum Gasteiger partial charge on any atom is 0.244 e. The number of pyridine rings is 1. The Morgan fingerprint density at radius 1 is 1.31 bits per heavy atom. The van der Waals surface area contributed by atoms with Crippen LogP contribution >= 0.6 is 0 Å². The molecule has 0 bridgehead atoms. The molecule has 0 atom stereocenters. The molecule has 16 heavy (non-hydrogen) atoms. The summed E-state index contributed by atoms with van der Waals surface area (Å²) in [5.41, 5.74) is 0. The van der Waals surface area contributed by atoms with Crippen LogP contribution in [0.5, 0.6) is 5.88 Å². The predicted molar refractivity (Wildman–Crippen MR) is 60.9 cm³/mol. The Bertz CT molecular complexity index is 438. The first-order valence-electron chi connectivity index (χ1n) is 4.89. The summed E-state index contributed by atoms with van der Waals surface area (Å²) in [5, 5.41) is 0. The fourth-order valence-electron chi connectivity index (χ4n) is 1.04. The number of aromatic nitrogens is 1. The average molecular weight is 244 g/mol. The van der Waals surface area contributed by atoms with Crippen molar-refractivity contribution in [3.63, 3.8) is 0 Å². The summed E-state index contributed by atoms with van der Waals surface area (Å²) in [6.07, 6.45) is 1.32. The van der Waals surface area contributed by atoms with E-state index in [1.807, 2.05) is 13.8 Å². The zero-order valence-corrected chi connectivity index (χ0v) is 10.7. The maximum atomic E-state index is 11.7. The van der Waals surface area contributed by atoms with Gasteiger partial charge in [0, 0.05) is 20.2 Å². The van der Waals surface area contributed by atoms with Crippen LogP contribution in [0.3, 0.4) is 0 Å². The molecule has 0 unspecified atom stereocenters. The SMILES string of the molecule is CC(C)Oc1ccc(S(=O)(=O)N(C)C)cn1. The van der Waals surface area contributed by atoms with Crippen molar-refractivity contribution in [1.29, 1.82) is 0 Å². The maximum absolute atomic E-state index is 11.7. The molecule has 90 valence electrons. The van der Waals surface area contributed by atoms with Gasteiger partial charge in [-0.3, -0.25) is 0 Å². The molecule has 0 fully saturated rings. The Morgan fingerprint density at radius 2 is 1.94 bits per heavy atom. The molecule has 1 aromatic rings. The highest BCUT2D eigenvalue weighted by Crippen LogP contribution is 2.15. The molecular formula is C10H16N2O3S. The fourth-order valence-corrected chi connectivity index (χ4v) is 1.89. The number of hydrogen-bond acceptors (Lipinski definition) is 4. The summed E-state index contributed by atoms with van der Waals surface area (Å²) in [7, 11) is -0.447. The predicted octanol–water partition coefficient (Wildman–Crippen LogP) is 1.12. The normalized spacial score (nSPS) is 12.1. The first kappa shape index (κ1) is 12.9. The number of nitrogens with zero attached hydrogens (tertiary/aromatic N) is 2. The smallest absolute Gasteiger partial charge is 0.244 e. The zero-order chi connectivity index (χ0) is 12.3. The number of ether oxygens (including phenoxy) is 1. The highest BCUT2D eigenvalue weighted by atomic mass is 32.2. The molecule has 1 aromatic heterocycles. The molecule has 0 N–H and O–H groups in total. The van der Waals surface area contributed by atoms with E-state index in [2.05, 4.69) is 4.98 Å². The first-order valence-corrected chi connectivity index (χ1v) is 6.33. The largest absolute Gasteiger partial charge is 0.475 e. The van der Waals surface area contributed by atoms with E-state index in [1.165, 1.54) is 26.4 Å². The number of rotatable bonds is 4. The van der Waals surface area contributed by atoms with E-state index in [1.54, 1.807) is 6.07 Å². The second kappa shape index (κ2) is 4.80. The van der Waals surface area contributed by atoms with Crippen molar-refractivity contribution < 1.29 is 13.2 Å². The van der Waals surface area contributed by atoms with E-state index in [0.29, 0.717) is 5.88 Å². The van der Waals surface area contributed by atoms with Crippen molar-refractivity contribution in [1.82, 2.24) is 9.29 Å². The molecule has 0 saturated carbocycles. The Labute approximate surface area is 96.1 Å². The lowest BCUT2D eigenvalue weighted by Gasteiger charge is -2.12. The Morgan fingerprint density at radius 3 is 2.31 bits per heavy atom. The minimum Gasteiger partial charge on any atom is -0.475 e. The van der Waals surface area contributed by atoms with E-state index >= 15 is 0 Å². The summed E-state index contributed by atoms with van der Waals surface area (Å²) in [6, 6.07) is 3.04. The van der Waals surface area contributed by atoms with Crippen LogP contribution in [0.4, 0.5) is 0 Å². The van der Waals surface area contributed by atoms with Gasteiger partial charge in [0.25, 0.3) is 0 Å². The van der Waals surface area contributed by atoms with Crippen molar-refractivity contribution >= 4 is 10.0 Å². The lowest BCUT2D eigenvalue weighted by molar-refractivity contribution is 0.232. The molecule has 5 nitrogen and oxygen atoms in total. The lowest BCUT2D eigenvalue weighted by atomic mass is 10.4. The topological polar surface area (TPSA) is 59.5 Å². The van der Waals surface area contributed by atoms with Gasteiger partial charge in [-0.2, -0.15) is 0 Å². The van der Waals surface area contributed by atoms with Gasteiger partial charge in [0.05, 0.1) is 12.3 Å². The van der Waals surface area contributed by atoms with Crippen LogP contribution in [0.1, 0.15) is 13.8 Å². The van der Waals surface area contributed by atoms with Crippen molar-refractivity contribution in [2.24, 2.45) is 0 Å². The van der Waals surface area contributed by atoms with Gasteiger partial charge in [-0.05, 0) is 19.9 Å². The third kappa shape index (κ3) is 2.93. The van der Waals surface area contributed by atoms with E-state index in [-0.39, 0.29) is 11.0 Å². The molecule has 0 amide bonds. The zero-order valence-electron chi connectivity index (χ0n) is 9.84. The molecule has 0 aliphatic heterocycles. The first-order chi connectivity index (χ1) is 7.34. The van der Waals surface area contributed by atoms with E-state index < -0.39 is 10.0 Å². The van der Waals surface area contributed by atoms with Crippen molar-refractivity contribution in [3.8, 4) is 5.88 Å². The number of sulfonamides is 1. The Kier molecular flexibility index (Phi) is 3.88. The molecule has 0 aliphatic carbocycles. The molecule has 0 aromatic carbocycles. The molecular weight excluding hydrogens is 228 g/mol. The molecule has 0 radical (unpaired) electrons. The van der Waals surface area contributed by atoms with E-state index in [4.69, 9.17) is 4.74 Å². The third-order valence-corrected chi connectivity index (χ3v) is 3.64. The van der Waals surface area contributed by atoms with Gasteiger partial charge in [0.2, 0.25) is 15.9 Å². The molecule has 0 spiro atoms. The summed E-state index contributed by atoms with van der Waals surface area (Å²) in [5.74, 6) is 0.424. The second-order valence-corrected chi connectivity index (χ2v) is 5.94. The Balaban J connectivity index is 2.96. The quantitative estimate of drug-likeness (QED) is 0.796. The Hall–Kier alpha value is -1.14. The monoisotopic (exact) mass is 244 g/mol. The van der Waals surface area contributed by atoms with Crippen LogP contribution in [0.15, 0.2) is 23.2 Å². The fraction of sp³-hybridized carbons (Fsp3) is 0.500. The average Bonchev–Trinajstić information content (AvgIpc) is 2.17. The summed E-state index contributed by atoms with van der Waals surface area (Å²) >= 11 is 0. The van der Waals surface area contributed by atoms with Gasteiger partial charge in [0.15, 0.2) is 0 Å². The van der Waals surface area contributed by atoms with Crippen LogP contribution in [0, 0.1) is 0 Å². The van der Waals surface area contributed by atoms with Crippen LogP contribution in [-0.2, 0) is 10.0 Å². The van der Waals surface area contributed by atoms with Gasteiger partial charge in [-0.15, -0.1) is 0 Å². The minimum absolute atomic E-state index is 0.0174. The molecule has 1 heterocycles. The summed E-state index contributed by atoms with van der Waals surface area (Å²) in [4.78, 5) is 4.10. The molecule has 1 rings (SSSR count). The van der Waals surface area contributed by atoms with Gasteiger partial charge in [0.1, 0.15) is 4.90 Å². The highest BCUT2D eigenvalue weighted by molar-refractivity contribution is 7.89. The lowest BCUT2D eigenvalue weighted by Crippen LogP contribution is -2.22. The van der Waals surface area contributed by atoms with Crippen LogP contribution in [0.25, 0.3) is 0 Å². The van der Waals surface area contributed by atoms with E-state index in [9.17, 15) is 8.42 Å². The number of hydrogen-bond donors (Lipinski definition) is 0. The molecule has 0 aliphatic rings. The van der Waals surface area contributed by atoms with Gasteiger partial charge in [-0.1, -0.05) is 0 Å². The van der Waals surface area contributed by atoms with Gasteiger partial charge >= 0.3 is 0 Å². The van der Waals surface area contributed by atoms with Crippen LogP contribution in [0.2, 0.25) is 0 Å². The standard InChI is InChI=1S/C10H16N2O3S/c1-8(2)15-10-6-5-9(7-11-10)16(13,14)12(3)4/h5-8H,1-4H3. The van der Waals surface area contributed by atoms with Crippen molar-refractivity contribution in [3.05, 3.63) is 18.3 Å². The summed E-state index contributed by atoms with van der Waals surface area (Å²) in [6.45, 7) is 3.76. The highest BCUT2D eigenvalue weighted by Gasteiger charge is 2.17.